The van der Waals surface area contributed by atoms with E-state index in [1.807, 2.05) is 65.7 Å². The average molecular weight is 403 g/mol. The van der Waals surface area contributed by atoms with E-state index >= 15 is 0 Å². The largest absolute Gasteiger partial charge is 0.451 e. The third-order valence-corrected chi connectivity index (χ3v) is 4.73. The summed E-state index contributed by atoms with van der Waals surface area (Å²) in [5, 5.41) is 6.36. The van der Waals surface area contributed by atoms with Gasteiger partial charge in [-0.1, -0.05) is 60.7 Å². The Morgan fingerprint density at radius 2 is 1.63 bits per heavy atom. The van der Waals surface area contributed by atoms with Crippen LogP contribution in [0.1, 0.15) is 18.0 Å². The van der Waals surface area contributed by atoms with Gasteiger partial charge < -0.3 is 9.64 Å². The van der Waals surface area contributed by atoms with Gasteiger partial charge in [-0.15, -0.1) is 13.2 Å². The highest BCUT2D eigenvalue weighted by Gasteiger charge is 2.33. The van der Waals surface area contributed by atoms with Crippen molar-refractivity contribution in [1.29, 1.82) is 0 Å². The maximum Gasteiger partial charge on any atom is 0.355 e. The molecule has 1 aliphatic rings. The van der Waals surface area contributed by atoms with E-state index in [1.165, 1.54) is 4.90 Å². The van der Waals surface area contributed by atoms with Crippen LogP contribution in [0.2, 0.25) is 0 Å². The number of rotatable bonds is 9. The van der Waals surface area contributed by atoms with Gasteiger partial charge in [0.2, 0.25) is 0 Å². The second-order valence-electron chi connectivity index (χ2n) is 6.81. The number of amides is 1. The van der Waals surface area contributed by atoms with Crippen molar-refractivity contribution in [3.8, 4) is 0 Å². The molecule has 0 fully saturated rings. The van der Waals surface area contributed by atoms with Gasteiger partial charge >= 0.3 is 5.97 Å². The number of nitrogens with zero attached hydrogens (tertiary/aromatic N) is 3. The number of benzene rings is 2. The lowest BCUT2D eigenvalue weighted by Crippen LogP contribution is -2.35. The first kappa shape index (κ1) is 21.0. The third-order valence-electron chi connectivity index (χ3n) is 4.73. The minimum atomic E-state index is -0.583. The van der Waals surface area contributed by atoms with E-state index in [1.54, 1.807) is 12.2 Å². The molecule has 1 amide bonds. The molecule has 0 bridgehead atoms. The fourth-order valence-corrected chi connectivity index (χ4v) is 3.28. The molecule has 1 heterocycles. The minimum Gasteiger partial charge on any atom is -0.451 e. The van der Waals surface area contributed by atoms with E-state index in [-0.39, 0.29) is 18.6 Å². The average Bonchev–Trinajstić information content (AvgIpc) is 3.24. The van der Waals surface area contributed by atoms with Crippen LogP contribution in [0, 0.1) is 0 Å². The Hall–Kier alpha value is -3.67. The van der Waals surface area contributed by atoms with E-state index in [0.29, 0.717) is 25.2 Å². The van der Waals surface area contributed by atoms with Gasteiger partial charge in [-0.2, -0.15) is 5.10 Å². The first-order valence-corrected chi connectivity index (χ1v) is 9.77. The lowest BCUT2D eigenvalue weighted by molar-refractivity contribution is -0.146. The Labute approximate surface area is 176 Å². The highest BCUT2D eigenvalue weighted by molar-refractivity contribution is 6.37. The second kappa shape index (κ2) is 10.2. The fraction of sp³-hybridized carbons (Fsp3) is 0.208. The van der Waals surface area contributed by atoms with Gasteiger partial charge in [0.15, 0.2) is 6.61 Å². The number of para-hydroxylation sites is 1. The zero-order valence-corrected chi connectivity index (χ0v) is 16.8. The number of hydrazone groups is 1. The zero-order chi connectivity index (χ0) is 21.3. The van der Waals surface area contributed by atoms with Crippen molar-refractivity contribution in [2.45, 2.75) is 12.5 Å². The van der Waals surface area contributed by atoms with Crippen LogP contribution in [0.4, 0.5) is 5.69 Å². The summed E-state index contributed by atoms with van der Waals surface area (Å²) in [6.45, 7) is 7.65. The van der Waals surface area contributed by atoms with E-state index < -0.39 is 5.97 Å². The predicted molar refractivity (Wildman–Crippen MR) is 118 cm³/mol. The van der Waals surface area contributed by atoms with Gasteiger partial charge in [0.25, 0.3) is 5.91 Å². The molecular formula is C24H25N3O3. The summed E-state index contributed by atoms with van der Waals surface area (Å²) in [5.74, 6) is -0.888. The molecule has 6 heteroatoms. The topological polar surface area (TPSA) is 62.2 Å². The molecule has 154 valence electrons. The van der Waals surface area contributed by atoms with E-state index in [4.69, 9.17) is 4.74 Å². The summed E-state index contributed by atoms with van der Waals surface area (Å²) in [6.07, 6.45) is 3.63. The molecule has 30 heavy (non-hydrogen) atoms. The number of ether oxygens (including phenoxy) is 1. The molecule has 1 unspecified atom stereocenters. The van der Waals surface area contributed by atoms with E-state index in [0.717, 1.165) is 11.3 Å². The van der Waals surface area contributed by atoms with Crippen LogP contribution < -0.4 is 5.01 Å². The number of hydrogen-bond donors (Lipinski definition) is 0. The van der Waals surface area contributed by atoms with Crippen LogP contribution >= 0.6 is 0 Å². The lowest BCUT2D eigenvalue weighted by Gasteiger charge is -2.23. The summed E-state index contributed by atoms with van der Waals surface area (Å²) in [4.78, 5) is 26.5. The molecule has 0 radical (unpaired) electrons. The Bertz CT molecular complexity index is 915. The quantitative estimate of drug-likeness (QED) is 0.473. The maximum absolute atomic E-state index is 12.7. The van der Waals surface area contributed by atoms with Gasteiger partial charge in [0.05, 0.1) is 11.7 Å². The van der Waals surface area contributed by atoms with Crippen LogP contribution in [0.25, 0.3) is 0 Å². The number of anilines is 1. The first-order valence-electron chi connectivity index (χ1n) is 9.77. The monoisotopic (exact) mass is 403 g/mol. The summed E-state index contributed by atoms with van der Waals surface area (Å²) >= 11 is 0. The van der Waals surface area contributed by atoms with Crippen molar-refractivity contribution in [3.05, 3.63) is 91.5 Å². The molecule has 0 saturated heterocycles. The molecule has 1 atom stereocenters. The van der Waals surface area contributed by atoms with Gasteiger partial charge in [0, 0.05) is 19.5 Å². The number of hydrogen-bond acceptors (Lipinski definition) is 5. The van der Waals surface area contributed by atoms with Crippen LogP contribution in [0.5, 0.6) is 0 Å². The van der Waals surface area contributed by atoms with Crippen molar-refractivity contribution in [2.24, 2.45) is 5.10 Å². The molecule has 2 aromatic rings. The van der Waals surface area contributed by atoms with Gasteiger partial charge in [0.1, 0.15) is 5.71 Å². The lowest BCUT2D eigenvalue weighted by atomic mass is 10.0. The second-order valence-corrected chi connectivity index (χ2v) is 6.81. The van der Waals surface area contributed by atoms with Crippen molar-refractivity contribution in [3.63, 3.8) is 0 Å². The predicted octanol–water partition coefficient (Wildman–Crippen LogP) is 3.74. The Morgan fingerprint density at radius 3 is 2.23 bits per heavy atom. The maximum atomic E-state index is 12.7. The molecule has 0 aromatic heterocycles. The normalized spacial score (nSPS) is 15.3. The zero-order valence-electron chi connectivity index (χ0n) is 16.8. The van der Waals surface area contributed by atoms with Crippen molar-refractivity contribution >= 4 is 23.3 Å². The fourth-order valence-electron chi connectivity index (χ4n) is 3.28. The number of esters is 1. The van der Waals surface area contributed by atoms with Crippen molar-refractivity contribution < 1.29 is 14.3 Å². The SMILES string of the molecule is C=CCN(CC=C)C(=O)COC(=O)C1=NN(c2ccccc2)C(c2ccccc2)C1. The molecule has 1 aliphatic heterocycles. The molecule has 0 spiro atoms. The van der Waals surface area contributed by atoms with Crippen LogP contribution in [0.15, 0.2) is 91.1 Å². The third kappa shape index (κ3) is 5.03. The van der Waals surface area contributed by atoms with E-state index in [9.17, 15) is 9.59 Å². The summed E-state index contributed by atoms with van der Waals surface area (Å²) in [5.41, 5.74) is 2.22. The van der Waals surface area contributed by atoms with Crippen LogP contribution in [0.3, 0.4) is 0 Å². The molecule has 6 nitrogen and oxygen atoms in total. The highest BCUT2D eigenvalue weighted by Crippen LogP contribution is 2.35. The van der Waals surface area contributed by atoms with Crippen LogP contribution in [-0.2, 0) is 14.3 Å². The first-order chi connectivity index (χ1) is 14.6. The molecule has 0 N–H and O–H groups in total. The van der Waals surface area contributed by atoms with E-state index in [2.05, 4.69) is 18.3 Å². The Morgan fingerprint density at radius 1 is 1.03 bits per heavy atom. The molecule has 2 aromatic carbocycles. The molecule has 0 aliphatic carbocycles. The number of carbonyl (C=O) groups excluding carboxylic acids is 2. The summed E-state index contributed by atoms with van der Waals surface area (Å²) in [6, 6.07) is 19.4. The molecule has 0 saturated carbocycles. The smallest absolute Gasteiger partial charge is 0.355 e. The van der Waals surface area contributed by atoms with Gasteiger partial charge in [-0.3, -0.25) is 9.80 Å². The van der Waals surface area contributed by atoms with Crippen molar-refractivity contribution in [2.75, 3.05) is 24.7 Å². The molecular weight excluding hydrogens is 378 g/mol. The minimum absolute atomic E-state index is 0.120. The van der Waals surface area contributed by atoms with Crippen LogP contribution in [-0.4, -0.2) is 42.2 Å². The summed E-state index contributed by atoms with van der Waals surface area (Å²) < 4.78 is 5.27. The standard InChI is InChI=1S/C24H25N3O3/c1-3-15-26(16-4-2)23(28)18-30-24(29)21-17-22(19-11-7-5-8-12-19)27(25-21)20-13-9-6-10-14-20/h3-14,22H,1-2,15-18H2. The van der Waals surface area contributed by atoms with Gasteiger partial charge in [-0.25, -0.2) is 4.79 Å². The Kier molecular flexibility index (Phi) is 7.16. The van der Waals surface area contributed by atoms with Gasteiger partial charge in [-0.05, 0) is 17.7 Å². The summed E-state index contributed by atoms with van der Waals surface area (Å²) in [7, 11) is 0. The number of carbonyl (C=O) groups is 2. The Balaban J connectivity index is 1.73. The van der Waals surface area contributed by atoms with Crippen molar-refractivity contribution in [1.82, 2.24) is 4.90 Å². The molecule has 3 rings (SSSR count). The highest BCUT2D eigenvalue weighted by atomic mass is 16.5.